The molecule has 6 heteroatoms. The van der Waals surface area contributed by atoms with Gasteiger partial charge in [-0.1, -0.05) is 6.08 Å². The van der Waals surface area contributed by atoms with Crippen molar-refractivity contribution < 1.29 is 13.2 Å². The van der Waals surface area contributed by atoms with Crippen LogP contribution in [0.2, 0.25) is 0 Å². The first kappa shape index (κ1) is 14.7. The van der Waals surface area contributed by atoms with Crippen molar-refractivity contribution in [2.45, 2.75) is 17.7 Å². The molecule has 1 aromatic rings. The summed E-state index contributed by atoms with van der Waals surface area (Å²) in [4.78, 5) is 14.1. The standard InChI is InChI=1S/C14H18N2O3S/c1-2-9-15-20(18,19)13-7-5-12(6-8-13)14(17)16-10-3-4-11-16/h2,5-8,15H,1,3-4,9-11H2. The summed E-state index contributed by atoms with van der Waals surface area (Å²) >= 11 is 0. The first-order valence-corrected chi connectivity index (χ1v) is 8.03. The summed E-state index contributed by atoms with van der Waals surface area (Å²) in [6, 6.07) is 6.02. The van der Waals surface area contributed by atoms with E-state index in [1.54, 1.807) is 17.0 Å². The van der Waals surface area contributed by atoms with Gasteiger partial charge in [0.25, 0.3) is 5.91 Å². The van der Waals surface area contributed by atoms with Crippen LogP contribution in [0.1, 0.15) is 23.2 Å². The number of carbonyl (C=O) groups excluding carboxylic acids is 1. The van der Waals surface area contributed by atoms with Crippen molar-refractivity contribution in [3.05, 3.63) is 42.5 Å². The van der Waals surface area contributed by atoms with Crippen LogP contribution in [0.25, 0.3) is 0 Å². The smallest absolute Gasteiger partial charge is 0.253 e. The van der Waals surface area contributed by atoms with Crippen LogP contribution in [0.4, 0.5) is 0 Å². The summed E-state index contributed by atoms with van der Waals surface area (Å²) in [5.41, 5.74) is 0.523. The molecule has 108 valence electrons. The highest BCUT2D eigenvalue weighted by Crippen LogP contribution is 2.15. The largest absolute Gasteiger partial charge is 0.339 e. The number of sulfonamides is 1. The van der Waals surface area contributed by atoms with E-state index in [0.717, 1.165) is 25.9 Å². The molecule has 1 fully saturated rings. The lowest BCUT2D eigenvalue weighted by Gasteiger charge is -2.15. The lowest BCUT2D eigenvalue weighted by Crippen LogP contribution is -2.27. The van der Waals surface area contributed by atoms with Crippen molar-refractivity contribution in [2.24, 2.45) is 0 Å². The number of carbonyl (C=O) groups is 1. The van der Waals surface area contributed by atoms with Crippen molar-refractivity contribution >= 4 is 15.9 Å². The van der Waals surface area contributed by atoms with Crippen molar-refractivity contribution in [1.29, 1.82) is 0 Å². The van der Waals surface area contributed by atoms with Crippen molar-refractivity contribution in [3.63, 3.8) is 0 Å². The Balaban J connectivity index is 2.13. The van der Waals surface area contributed by atoms with E-state index < -0.39 is 10.0 Å². The molecule has 20 heavy (non-hydrogen) atoms. The van der Waals surface area contributed by atoms with E-state index in [0.29, 0.717) is 5.56 Å². The topological polar surface area (TPSA) is 66.5 Å². The molecule has 0 atom stereocenters. The molecule has 1 aliphatic heterocycles. The van der Waals surface area contributed by atoms with Crippen molar-refractivity contribution in [2.75, 3.05) is 19.6 Å². The van der Waals surface area contributed by atoms with Gasteiger partial charge in [0.15, 0.2) is 0 Å². The van der Waals surface area contributed by atoms with Gasteiger partial charge in [-0.3, -0.25) is 4.79 Å². The maximum atomic E-state index is 12.1. The van der Waals surface area contributed by atoms with Crippen LogP contribution in [0.5, 0.6) is 0 Å². The Bertz CT molecular complexity index is 587. The van der Waals surface area contributed by atoms with E-state index in [-0.39, 0.29) is 17.3 Å². The van der Waals surface area contributed by atoms with Gasteiger partial charge >= 0.3 is 0 Å². The number of hydrogen-bond acceptors (Lipinski definition) is 3. The van der Waals surface area contributed by atoms with Gasteiger partial charge in [0.05, 0.1) is 4.90 Å². The summed E-state index contributed by atoms with van der Waals surface area (Å²) in [6.07, 6.45) is 3.54. The van der Waals surface area contributed by atoms with Crippen LogP contribution >= 0.6 is 0 Å². The third kappa shape index (κ3) is 3.26. The van der Waals surface area contributed by atoms with Crippen LogP contribution in [0.15, 0.2) is 41.8 Å². The van der Waals surface area contributed by atoms with Gasteiger partial charge in [-0.25, -0.2) is 13.1 Å². The van der Waals surface area contributed by atoms with Crippen LogP contribution in [0, 0.1) is 0 Å². The van der Waals surface area contributed by atoms with E-state index in [1.807, 2.05) is 0 Å². The van der Waals surface area contributed by atoms with Gasteiger partial charge in [0, 0.05) is 25.2 Å². The maximum Gasteiger partial charge on any atom is 0.253 e. The van der Waals surface area contributed by atoms with Crippen LogP contribution in [-0.4, -0.2) is 38.9 Å². The molecule has 1 aromatic carbocycles. The zero-order valence-electron chi connectivity index (χ0n) is 11.2. The molecule has 1 heterocycles. The Labute approximate surface area is 119 Å². The Hall–Kier alpha value is -1.66. The lowest BCUT2D eigenvalue weighted by molar-refractivity contribution is 0.0792. The number of nitrogens with zero attached hydrogens (tertiary/aromatic N) is 1. The number of hydrogen-bond donors (Lipinski definition) is 1. The molecule has 1 amide bonds. The fourth-order valence-corrected chi connectivity index (χ4v) is 3.13. The highest BCUT2D eigenvalue weighted by atomic mass is 32.2. The molecule has 5 nitrogen and oxygen atoms in total. The minimum absolute atomic E-state index is 0.0366. The molecule has 1 aliphatic rings. The van der Waals surface area contributed by atoms with Crippen LogP contribution in [0.3, 0.4) is 0 Å². The molecule has 1 N–H and O–H groups in total. The van der Waals surface area contributed by atoms with E-state index in [2.05, 4.69) is 11.3 Å². The number of benzene rings is 1. The Morgan fingerprint density at radius 3 is 2.40 bits per heavy atom. The van der Waals surface area contributed by atoms with E-state index >= 15 is 0 Å². The molecule has 0 aromatic heterocycles. The quantitative estimate of drug-likeness (QED) is 0.834. The maximum absolute atomic E-state index is 12.1. The molecule has 0 bridgehead atoms. The second-order valence-corrected chi connectivity index (χ2v) is 6.43. The number of amides is 1. The van der Waals surface area contributed by atoms with Gasteiger partial charge in [-0.05, 0) is 37.1 Å². The Kier molecular flexibility index (Phi) is 4.57. The molecular formula is C14H18N2O3S. The average Bonchev–Trinajstić information content (AvgIpc) is 2.99. The third-order valence-electron chi connectivity index (χ3n) is 3.22. The lowest BCUT2D eigenvalue weighted by atomic mass is 10.2. The Morgan fingerprint density at radius 1 is 1.25 bits per heavy atom. The summed E-state index contributed by atoms with van der Waals surface area (Å²) in [5, 5.41) is 0. The van der Waals surface area contributed by atoms with Crippen LogP contribution in [-0.2, 0) is 10.0 Å². The van der Waals surface area contributed by atoms with Crippen molar-refractivity contribution in [3.8, 4) is 0 Å². The molecule has 0 saturated carbocycles. The number of rotatable bonds is 5. The first-order chi connectivity index (χ1) is 9.54. The monoisotopic (exact) mass is 294 g/mol. The fraction of sp³-hybridized carbons (Fsp3) is 0.357. The molecule has 1 saturated heterocycles. The first-order valence-electron chi connectivity index (χ1n) is 6.54. The van der Waals surface area contributed by atoms with Gasteiger partial charge in [-0.2, -0.15) is 0 Å². The number of nitrogens with one attached hydrogen (secondary N) is 1. The normalized spacial score (nSPS) is 15.3. The molecule has 0 aliphatic carbocycles. The van der Waals surface area contributed by atoms with E-state index in [4.69, 9.17) is 0 Å². The van der Waals surface area contributed by atoms with Gasteiger partial charge < -0.3 is 4.90 Å². The van der Waals surface area contributed by atoms with Gasteiger partial charge in [0.2, 0.25) is 10.0 Å². The van der Waals surface area contributed by atoms with Crippen molar-refractivity contribution in [1.82, 2.24) is 9.62 Å². The minimum Gasteiger partial charge on any atom is -0.339 e. The van der Waals surface area contributed by atoms with E-state index in [1.165, 1.54) is 18.2 Å². The number of likely N-dealkylation sites (tertiary alicyclic amines) is 1. The zero-order chi connectivity index (χ0) is 14.6. The molecule has 2 rings (SSSR count). The summed E-state index contributed by atoms with van der Waals surface area (Å²) in [7, 11) is -3.53. The Morgan fingerprint density at radius 2 is 1.85 bits per heavy atom. The van der Waals surface area contributed by atoms with Crippen LogP contribution < -0.4 is 4.72 Å². The zero-order valence-corrected chi connectivity index (χ0v) is 12.0. The molecular weight excluding hydrogens is 276 g/mol. The molecule has 0 spiro atoms. The summed E-state index contributed by atoms with van der Waals surface area (Å²) < 4.78 is 26.1. The van der Waals surface area contributed by atoms with Gasteiger partial charge in [-0.15, -0.1) is 6.58 Å². The predicted molar refractivity (Wildman–Crippen MR) is 77.0 cm³/mol. The minimum atomic E-state index is -3.53. The predicted octanol–water partition coefficient (Wildman–Crippen LogP) is 1.39. The second kappa shape index (κ2) is 6.19. The highest BCUT2D eigenvalue weighted by molar-refractivity contribution is 7.89. The SMILES string of the molecule is C=CCNS(=O)(=O)c1ccc(C(=O)N2CCCC2)cc1. The van der Waals surface area contributed by atoms with Gasteiger partial charge in [0.1, 0.15) is 0 Å². The highest BCUT2D eigenvalue weighted by Gasteiger charge is 2.20. The summed E-state index contributed by atoms with van der Waals surface area (Å²) in [6.45, 7) is 5.19. The summed E-state index contributed by atoms with van der Waals surface area (Å²) in [5.74, 6) is -0.0366. The fourth-order valence-electron chi connectivity index (χ4n) is 2.13. The third-order valence-corrected chi connectivity index (χ3v) is 4.66. The molecule has 0 unspecified atom stereocenters. The van der Waals surface area contributed by atoms with E-state index in [9.17, 15) is 13.2 Å². The average molecular weight is 294 g/mol. The molecule has 0 radical (unpaired) electrons. The second-order valence-electron chi connectivity index (χ2n) is 4.66.